The molecule has 0 amide bonds. The topological polar surface area (TPSA) is 54.7 Å². The zero-order valence-electron chi connectivity index (χ0n) is 11.5. The van der Waals surface area contributed by atoms with Crippen molar-refractivity contribution in [1.29, 1.82) is 5.26 Å². The molecule has 20 heavy (non-hydrogen) atoms. The van der Waals surface area contributed by atoms with Gasteiger partial charge in [-0.15, -0.1) is 0 Å². The summed E-state index contributed by atoms with van der Waals surface area (Å²) in [4.78, 5) is 0. The average molecular weight is 271 g/mol. The van der Waals surface area contributed by atoms with Crippen LogP contribution in [-0.4, -0.2) is 10.6 Å². The number of halogens is 1. The van der Waals surface area contributed by atoms with Crippen molar-refractivity contribution in [3.8, 4) is 6.07 Å². The minimum absolute atomic E-state index is 0.164. The van der Waals surface area contributed by atoms with Crippen molar-refractivity contribution in [2.75, 3.05) is 0 Å². The van der Waals surface area contributed by atoms with E-state index in [9.17, 15) is 4.39 Å². The zero-order chi connectivity index (χ0) is 14.5. The fraction of sp³-hybridized carbons (Fsp3) is 0.312. The summed E-state index contributed by atoms with van der Waals surface area (Å²) in [6.45, 7) is 2.52. The molecule has 1 heterocycles. The van der Waals surface area contributed by atoms with E-state index >= 15 is 0 Å². The number of rotatable bonds is 5. The molecule has 2 N–H and O–H groups in total. The van der Waals surface area contributed by atoms with E-state index in [-0.39, 0.29) is 11.9 Å². The van der Waals surface area contributed by atoms with Crippen LogP contribution in [0.1, 0.15) is 30.0 Å². The zero-order valence-corrected chi connectivity index (χ0v) is 11.5. The molecule has 0 spiro atoms. The third-order valence-electron chi connectivity index (χ3n) is 3.37. The molecule has 0 saturated heterocycles. The highest BCUT2D eigenvalue weighted by molar-refractivity contribution is 5.33. The molecule has 4 heteroatoms. The molecular weight excluding hydrogens is 253 g/mol. The Kier molecular flexibility index (Phi) is 4.54. The van der Waals surface area contributed by atoms with Gasteiger partial charge in [-0.1, -0.05) is 13.0 Å². The Bertz CT molecular complexity index is 625. The summed E-state index contributed by atoms with van der Waals surface area (Å²) in [5, 5.41) is 8.72. The molecule has 1 aromatic heterocycles. The van der Waals surface area contributed by atoms with Crippen LogP contribution in [0.4, 0.5) is 4.39 Å². The first-order valence-corrected chi connectivity index (χ1v) is 6.71. The molecule has 0 radical (unpaired) electrons. The molecule has 2 rings (SSSR count). The highest BCUT2D eigenvalue weighted by Gasteiger charge is 2.06. The third-order valence-corrected chi connectivity index (χ3v) is 3.37. The van der Waals surface area contributed by atoms with Gasteiger partial charge in [0, 0.05) is 30.5 Å². The lowest BCUT2D eigenvalue weighted by Crippen LogP contribution is -2.21. The van der Waals surface area contributed by atoms with Gasteiger partial charge in [-0.2, -0.15) is 5.26 Å². The normalized spacial score (nSPS) is 12.1. The summed E-state index contributed by atoms with van der Waals surface area (Å²) in [5.74, 6) is -0.343. The van der Waals surface area contributed by atoms with E-state index in [2.05, 4.69) is 6.92 Å². The Morgan fingerprint density at radius 2 is 2.20 bits per heavy atom. The van der Waals surface area contributed by atoms with Gasteiger partial charge in [0.2, 0.25) is 0 Å². The predicted octanol–water partition coefficient (Wildman–Crippen LogP) is 2.83. The molecule has 1 unspecified atom stereocenters. The van der Waals surface area contributed by atoms with Gasteiger partial charge in [0.25, 0.3) is 0 Å². The second-order valence-corrected chi connectivity index (χ2v) is 4.98. The number of hydrogen-bond acceptors (Lipinski definition) is 2. The maximum atomic E-state index is 13.8. The summed E-state index contributed by atoms with van der Waals surface area (Å²) >= 11 is 0. The molecule has 0 saturated carbocycles. The Balaban J connectivity index is 2.09. The van der Waals surface area contributed by atoms with Crippen LogP contribution in [-0.2, 0) is 13.0 Å². The lowest BCUT2D eigenvalue weighted by Gasteiger charge is -2.07. The van der Waals surface area contributed by atoms with Gasteiger partial charge in [-0.25, -0.2) is 4.39 Å². The Labute approximate surface area is 118 Å². The maximum absolute atomic E-state index is 13.8. The van der Waals surface area contributed by atoms with E-state index in [0.717, 1.165) is 18.4 Å². The lowest BCUT2D eigenvalue weighted by atomic mass is 10.1. The fourth-order valence-electron chi connectivity index (χ4n) is 2.10. The minimum atomic E-state index is -0.343. The summed E-state index contributed by atoms with van der Waals surface area (Å²) in [6, 6.07) is 8.67. The van der Waals surface area contributed by atoms with E-state index in [0.29, 0.717) is 17.7 Å². The Morgan fingerprint density at radius 3 is 2.85 bits per heavy atom. The molecule has 0 bridgehead atoms. The SMILES string of the molecule is CCC(N)Cc1ccn(Cc2ccc(C#N)cc2F)c1. The van der Waals surface area contributed by atoms with Gasteiger partial charge in [-0.05, 0) is 36.6 Å². The van der Waals surface area contributed by atoms with Gasteiger partial charge in [0.15, 0.2) is 0 Å². The highest BCUT2D eigenvalue weighted by atomic mass is 19.1. The van der Waals surface area contributed by atoms with Gasteiger partial charge >= 0.3 is 0 Å². The molecule has 104 valence electrons. The lowest BCUT2D eigenvalue weighted by molar-refractivity contribution is 0.598. The van der Waals surface area contributed by atoms with E-state index in [1.807, 2.05) is 29.1 Å². The van der Waals surface area contributed by atoms with Crippen molar-refractivity contribution >= 4 is 0 Å². The molecule has 1 aromatic carbocycles. The largest absolute Gasteiger partial charge is 0.350 e. The first kappa shape index (κ1) is 14.3. The molecule has 0 aliphatic heterocycles. The van der Waals surface area contributed by atoms with Crippen molar-refractivity contribution in [2.24, 2.45) is 5.73 Å². The van der Waals surface area contributed by atoms with Crippen LogP contribution < -0.4 is 5.73 Å². The standard InChI is InChI=1S/C16H18FN3/c1-2-15(19)7-13-5-6-20(10-13)11-14-4-3-12(9-18)8-16(14)17/h3-6,8,10,15H,2,7,11,19H2,1H3. The smallest absolute Gasteiger partial charge is 0.129 e. The molecular formula is C16H18FN3. The summed E-state index contributed by atoms with van der Waals surface area (Å²) < 4.78 is 15.7. The second kappa shape index (κ2) is 6.36. The molecule has 2 aromatic rings. The number of benzene rings is 1. The highest BCUT2D eigenvalue weighted by Crippen LogP contribution is 2.13. The van der Waals surface area contributed by atoms with Crippen molar-refractivity contribution in [3.63, 3.8) is 0 Å². The van der Waals surface area contributed by atoms with Crippen LogP contribution in [0.25, 0.3) is 0 Å². The molecule has 0 aliphatic carbocycles. The van der Waals surface area contributed by atoms with Crippen LogP contribution >= 0.6 is 0 Å². The van der Waals surface area contributed by atoms with Gasteiger partial charge in [0.1, 0.15) is 5.82 Å². The van der Waals surface area contributed by atoms with Crippen molar-refractivity contribution in [2.45, 2.75) is 32.4 Å². The van der Waals surface area contributed by atoms with E-state index in [1.165, 1.54) is 6.07 Å². The minimum Gasteiger partial charge on any atom is -0.350 e. The van der Waals surface area contributed by atoms with Crippen LogP contribution in [0.15, 0.2) is 36.7 Å². The van der Waals surface area contributed by atoms with Crippen LogP contribution in [0, 0.1) is 17.1 Å². The van der Waals surface area contributed by atoms with E-state index in [4.69, 9.17) is 11.0 Å². The molecule has 1 atom stereocenters. The Morgan fingerprint density at radius 1 is 1.40 bits per heavy atom. The summed E-state index contributed by atoms with van der Waals surface area (Å²) in [7, 11) is 0. The Hall–Kier alpha value is -2.12. The number of aromatic nitrogens is 1. The quantitative estimate of drug-likeness (QED) is 0.909. The number of nitrogens with two attached hydrogens (primary N) is 1. The maximum Gasteiger partial charge on any atom is 0.129 e. The second-order valence-electron chi connectivity index (χ2n) is 4.98. The van der Waals surface area contributed by atoms with Crippen LogP contribution in [0.5, 0.6) is 0 Å². The fourth-order valence-corrected chi connectivity index (χ4v) is 2.10. The van der Waals surface area contributed by atoms with E-state index in [1.54, 1.807) is 12.1 Å². The van der Waals surface area contributed by atoms with Gasteiger partial charge in [0.05, 0.1) is 11.6 Å². The van der Waals surface area contributed by atoms with Crippen LogP contribution in [0.2, 0.25) is 0 Å². The first-order valence-electron chi connectivity index (χ1n) is 6.71. The summed E-state index contributed by atoms with van der Waals surface area (Å²) in [6.07, 6.45) is 5.69. The average Bonchev–Trinajstić information content (AvgIpc) is 2.88. The molecule has 3 nitrogen and oxygen atoms in total. The third kappa shape index (κ3) is 3.46. The predicted molar refractivity (Wildman–Crippen MR) is 76.6 cm³/mol. The van der Waals surface area contributed by atoms with Crippen molar-refractivity contribution < 1.29 is 4.39 Å². The molecule has 0 aliphatic rings. The van der Waals surface area contributed by atoms with Crippen LogP contribution in [0.3, 0.4) is 0 Å². The summed E-state index contributed by atoms with van der Waals surface area (Å²) in [5.41, 5.74) is 8.00. The first-order chi connectivity index (χ1) is 9.62. The number of nitrogens with zero attached hydrogens (tertiary/aromatic N) is 2. The van der Waals surface area contributed by atoms with Gasteiger partial charge in [-0.3, -0.25) is 0 Å². The van der Waals surface area contributed by atoms with Crippen molar-refractivity contribution in [1.82, 2.24) is 4.57 Å². The monoisotopic (exact) mass is 271 g/mol. The molecule has 0 fully saturated rings. The number of nitriles is 1. The van der Waals surface area contributed by atoms with Crippen molar-refractivity contribution in [3.05, 3.63) is 59.2 Å². The van der Waals surface area contributed by atoms with Gasteiger partial charge < -0.3 is 10.3 Å². The number of hydrogen-bond donors (Lipinski definition) is 1. The van der Waals surface area contributed by atoms with E-state index < -0.39 is 0 Å².